The third-order valence-electron chi connectivity index (χ3n) is 1.46. The van der Waals surface area contributed by atoms with Crippen molar-refractivity contribution >= 4 is 11.9 Å². The summed E-state index contributed by atoms with van der Waals surface area (Å²) in [5.41, 5.74) is 0.0554. The number of hydrogen-bond donors (Lipinski definition) is 0. The van der Waals surface area contributed by atoms with Gasteiger partial charge >= 0.3 is 43.8 Å². The molecule has 0 saturated carbocycles. The summed E-state index contributed by atoms with van der Waals surface area (Å²) in [4.78, 5) is 15.2. The third-order valence-corrected chi connectivity index (χ3v) is 1.46. The molecule has 0 saturated heterocycles. The topological polar surface area (TPSA) is 53.3 Å². The van der Waals surface area contributed by atoms with E-state index in [0.29, 0.717) is 11.4 Å². The van der Waals surface area contributed by atoms with Gasteiger partial charge in [-0.3, -0.25) is 4.79 Å². The first-order chi connectivity index (χ1) is 6.88. The van der Waals surface area contributed by atoms with Crippen LogP contribution in [0.5, 0.6) is 0 Å². The molecule has 0 aliphatic carbocycles. The fourth-order valence-corrected chi connectivity index (χ4v) is 0.902. The Hall–Kier alpha value is -0.515. The summed E-state index contributed by atoms with van der Waals surface area (Å²) in [6.45, 7) is 9.05. The fraction of sp³-hybridized carbons (Fsp3) is 0.364. The zero-order chi connectivity index (χ0) is 11.5. The number of amides is 1. The largest absolute Gasteiger partial charge is 1.00 e. The van der Waals surface area contributed by atoms with Crippen LogP contribution >= 0.6 is 0 Å². The molecule has 0 aromatic carbocycles. The van der Waals surface area contributed by atoms with Crippen molar-refractivity contribution in [1.29, 1.82) is 0 Å². The number of ether oxygens (including phenoxy) is 1. The van der Waals surface area contributed by atoms with Crippen molar-refractivity contribution in [3.63, 3.8) is 0 Å². The van der Waals surface area contributed by atoms with Crippen molar-refractivity contribution in [1.82, 2.24) is 4.98 Å². The van der Waals surface area contributed by atoms with Crippen molar-refractivity contribution < 1.29 is 47.3 Å². The Morgan fingerprint density at radius 1 is 1.41 bits per heavy atom. The Balaban J connectivity index is 0. The normalized spacial score (nSPS) is 9.59. The summed E-state index contributed by atoms with van der Waals surface area (Å²) < 4.78 is 5.02. The Morgan fingerprint density at radius 2 is 2.00 bits per heavy atom. The van der Waals surface area contributed by atoms with Crippen LogP contribution in [-0.4, -0.2) is 16.7 Å². The van der Waals surface area contributed by atoms with Crippen LogP contribution in [0.2, 0.25) is 0 Å². The molecule has 1 amide bonds. The number of nitrogens with zero attached hydrogens (tertiary/aromatic N) is 2. The van der Waals surface area contributed by atoms with E-state index >= 15 is 0 Å². The van der Waals surface area contributed by atoms with Crippen LogP contribution in [0.25, 0.3) is 5.32 Å². The maximum atomic E-state index is 11.3. The Bertz CT molecular complexity index is 365. The molecule has 0 unspecified atom stereocenters. The number of rotatable bonds is 1. The van der Waals surface area contributed by atoms with Gasteiger partial charge in [0.1, 0.15) is 5.60 Å². The smallest absolute Gasteiger partial charge is 0.507 e. The molecule has 0 radical (unpaired) electrons. The molecule has 1 aromatic heterocycles. The monoisotopic (exact) mass is 220 g/mol. The van der Waals surface area contributed by atoms with Gasteiger partial charge in [0.2, 0.25) is 0 Å². The van der Waals surface area contributed by atoms with Gasteiger partial charge in [-0.1, -0.05) is 0 Å². The minimum atomic E-state index is -0.647. The van der Waals surface area contributed by atoms with E-state index in [-0.39, 0.29) is 37.7 Å². The van der Waals surface area contributed by atoms with E-state index in [9.17, 15) is 4.79 Å². The van der Waals surface area contributed by atoms with Gasteiger partial charge in [0.25, 0.3) is 0 Å². The van der Waals surface area contributed by atoms with Gasteiger partial charge < -0.3 is 15.0 Å². The van der Waals surface area contributed by atoms with Crippen molar-refractivity contribution in [3.05, 3.63) is 36.1 Å². The molecule has 6 heteroatoms. The summed E-state index contributed by atoms with van der Waals surface area (Å²) >= 11 is 0. The fourth-order valence-electron chi connectivity index (χ4n) is 0.902. The minimum absolute atomic E-state index is 0. The number of hydrogen-bond acceptors (Lipinski definition) is 3. The van der Waals surface area contributed by atoms with E-state index in [1.807, 2.05) is 0 Å². The summed E-state index contributed by atoms with van der Waals surface area (Å²) in [6, 6.07) is 3.46. The first-order valence-electron chi connectivity index (χ1n) is 4.60. The summed E-state index contributed by atoms with van der Waals surface area (Å²) in [7, 11) is 0. The number of pyridine rings is 1. The molecule has 0 bridgehead atoms. The molecule has 1 aromatic rings. The zero-order valence-corrected chi connectivity index (χ0v) is 11.2. The number of carbonyl (C=O) groups is 1. The predicted octanol–water partition coefficient (Wildman–Crippen LogP) is -2.79. The second kappa shape index (κ2) is 7.74. The van der Waals surface area contributed by atoms with E-state index in [1.165, 1.54) is 0 Å². The van der Waals surface area contributed by atoms with Gasteiger partial charge in [0, 0.05) is 0 Å². The van der Waals surface area contributed by atoms with Gasteiger partial charge in [0.15, 0.2) is 0 Å². The van der Waals surface area contributed by atoms with E-state index in [2.05, 4.69) is 17.2 Å². The second-order valence-corrected chi connectivity index (χ2v) is 4.08. The van der Waals surface area contributed by atoms with E-state index < -0.39 is 11.7 Å². The van der Waals surface area contributed by atoms with E-state index in [0.717, 1.165) is 0 Å². The Labute approximate surface area is 126 Å². The van der Waals surface area contributed by atoms with Crippen LogP contribution in [0.1, 0.15) is 26.3 Å². The van der Waals surface area contributed by atoms with E-state index in [4.69, 9.17) is 4.74 Å². The molecule has 1 rings (SSSR count). The van der Waals surface area contributed by atoms with Gasteiger partial charge in [0.05, 0.1) is 0 Å². The standard InChI is InChI=1S/C11H15N2O2.2Li/c1-8-6-5-7-12-9(8)13-10(14)15-11(2,3)4;;/h5-7H,1H2,2-4H3,(H,12,13,14);;/q-1;2*+1/p-1. The molecule has 82 valence electrons. The predicted molar refractivity (Wildman–Crippen MR) is 57.9 cm³/mol. The molecule has 4 nitrogen and oxygen atoms in total. The molecule has 1 heterocycles. The van der Waals surface area contributed by atoms with Crippen LogP contribution in [0.15, 0.2) is 18.3 Å². The molecule has 0 atom stereocenters. The van der Waals surface area contributed by atoms with Crippen LogP contribution in [-0.2, 0) is 4.74 Å². The molecule has 0 fully saturated rings. The Morgan fingerprint density at radius 3 is 2.47 bits per heavy atom. The first-order valence-corrected chi connectivity index (χ1v) is 4.60. The molecule has 0 spiro atoms. The van der Waals surface area contributed by atoms with Crippen molar-refractivity contribution in [2.75, 3.05) is 0 Å². The summed E-state index contributed by atoms with van der Waals surface area (Å²) in [6.07, 6.45) is 0.906. The average Bonchev–Trinajstić information content (AvgIpc) is 2.05. The third kappa shape index (κ3) is 7.42. The molecular formula is C11H14Li2N2O2. The van der Waals surface area contributed by atoms with Gasteiger partial charge in [-0.05, 0) is 20.8 Å². The van der Waals surface area contributed by atoms with Crippen molar-refractivity contribution in [2.24, 2.45) is 0 Å². The molecule has 0 N–H and O–H groups in total. The van der Waals surface area contributed by atoms with Crippen LogP contribution in [0, 0.1) is 6.92 Å². The number of aromatic nitrogens is 1. The first kappa shape index (κ1) is 18.8. The van der Waals surface area contributed by atoms with Gasteiger partial charge in [-0.2, -0.15) is 24.4 Å². The molecule has 0 aliphatic rings. The van der Waals surface area contributed by atoms with Crippen LogP contribution in [0.4, 0.5) is 10.6 Å². The van der Waals surface area contributed by atoms with E-state index in [1.54, 1.807) is 39.1 Å². The van der Waals surface area contributed by atoms with Crippen molar-refractivity contribution in [2.45, 2.75) is 26.4 Å². The molecule has 0 aliphatic heterocycles. The maximum Gasteiger partial charge on any atom is 1.00 e. The average molecular weight is 220 g/mol. The minimum Gasteiger partial charge on any atom is -0.507 e. The number of carbonyl (C=O) groups excluding carboxylic acids is 1. The van der Waals surface area contributed by atoms with Crippen LogP contribution < -0.4 is 37.7 Å². The Kier molecular flexibility index (Phi) is 8.58. The molecule has 17 heavy (non-hydrogen) atoms. The van der Waals surface area contributed by atoms with Crippen LogP contribution in [0.3, 0.4) is 0 Å². The maximum absolute atomic E-state index is 11.3. The quantitative estimate of drug-likeness (QED) is 0.380. The van der Waals surface area contributed by atoms with Gasteiger partial charge in [-0.15, -0.1) is 12.3 Å². The SMILES string of the molecule is [CH2-]c1cccnc1[N-]C(=O)OC(C)(C)C.[Li+].[Li+]. The van der Waals surface area contributed by atoms with Gasteiger partial charge in [-0.25, -0.2) is 0 Å². The summed E-state index contributed by atoms with van der Waals surface area (Å²) in [5.74, 6) is 0.298. The second-order valence-electron chi connectivity index (χ2n) is 4.08. The van der Waals surface area contributed by atoms with Crippen molar-refractivity contribution in [3.8, 4) is 0 Å². The zero-order valence-electron chi connectivity index (χ0n) is 11.2. The molecular weight excluding hydrogens is 206 g/mol. The summed E-state index contributed by atoms with van der Waals surface area (Å²) in [5, 5.41) is 3.71.